The van der Waals surface area contributed by atoms with Gasteiger partial charge in [0, 0.05) is 24.4 Å². The lowest BCUT2D eigenvalue weighted by atomic mass is 10.2. The predicted molar refractivity (Wildman–Crippen MR) is 62.1 cm³/mol. The van der Waals surface area contributed by atoms with E-state index < -0.39 is 0 Å². The molecule has 0 saturated heterocycles. The summed E-state index contributed by atoms with van der Waals surface area (Å²) in [6.45, 7) is 4.48. The minimum absolute atomic E-state index is 0.0476. The monoisotopic (exact) mass is 217 g/mol. The van der Waals surface area contributed by atoms with Crippen molar-refractivity contribution < 1.29 is 9.52 Å². The van der Waals surface area contributed by atoms with Crippen LogP contribution in [-0.4, -0.2) is 9.67 Å². The second-order valence-electron chi connectivity index (χ2n) is 3.63. The maximum absolute atomic E-state index is 9.21. The van der Waals surface area contributed by atoms with E-state index in [1.54, 1.807) is 6.26 Å². The third kappa shape index (κ3) is 2.09. The molecule has 2 aromatic heterocycles. The largest absolute Gasteiger partial charge is 0.469 e. The van der Waals surface area contributed by atoms with Crippen molar-refractivity contribution in [2.45, 2.75) is 19.6 Å². The SMILES string of the molecule is C=CCn1c(CO)ccc1Cc1ccco1. The van der Waals surface area contributed by atoms with E-state index in [0.29, 0.717) is 6.54 Å². The second kappa shape index (κ2) is 4.86. The maximum atomic E-state index is 9.21. The lowest BCUT2D eigenvalue weighted by Gasteiger charge is -2.08. The van der Waals surface area contributed by atoms with Crippen LogP contribution in [0.4, 0.5) is 0 Å². The molecule has 84 valence electrons. The van der Waals surface area contributed by atoms with Gasteiger partial charge >= 0.3 is 0 Å². The number of aliphatic hydroxyl groups is 1. The summed E-state index contributed by atoms with van der Waals surface area (Å²) in [4.78, 5) is 0. The number of hydrogen-bond acceptors (Lipinski definition) is 2. The van der Waals surface area contributed by atoms with Crippen molar-refractivity contribution in [3.05, 3.63) is 60.3 Å². The molecular formula is C13H15NO2. The topological polar surface area (TPSA) is 38.3 Å². The summed E-state index contributed by atoms with van der Waals surface area (Å²) < 4.78 is 7.36. The predicted octanol–water partition coefficient (Wildman–Crippen LogP) is 2.35. The summed E-state index contributed by atoms with van der Waals surface area (Å²) in [5.41, 5.74) is 2.03. The van der Waals surface area contributed by atoms with Crippen LogP contribution >= 0.6 is 0 Å². The average molecular weight is 217 g/mol. The normalized spacial score (nSPS) is 10.6. The standard InChI is InChI=1S/C13H15NO2/c1-2-7-14-11(5-6-12(14)10-15)9-13-4-3-8-16-13/h2-6,8,15H,1,7,9-10H2. The van der Waals surface area contributed by atoms with Crippen LogP contribution in [0.3, 0.4) is 0 Å². The van der Waals surface area contributed by atoms with E-state index in [4.69, 9.17) is 4.42 Å². The number of furan rings is 1. The highest BCUT2D eigenvalue weighted by molar-refractivity contribution is 5.21. The lowest BCUT2D eigenvalue weighted by Crippen LogP contribution is -2.05. The molecule has 0 atom stereocenters. The van der Waals surface area contributed by atoms with Crippen LogP contribution in [-0.2, 0) is 19.6 Å². The van der Waals surface area contributed by atoms with Gasteiger partial charge in [-0.25, -0.2) is 0 Å². The number of rotatable bonds is 5. The Hall–Kier alpha value is -1.74. The summed E-state index contributed by atoms with van der Waals surface area (Å²) in [7, 11) is 0. The fourth-order valence-electron chi connectivity index (χ4n) is 1.80. The fraction of sp³-hybridized carbons (Fsp3) is 0.231. The summed E-state index contributed by atoms with van der Waals surface area (Å²) in [5.74, 6) is 0.924. The number of aromatic nitrogens is 1. The van der Waals surface area contributed by atoms with Crippen molar-refractivity contribution in [3.8, 4) is 0 Å². The number of nitrogens with zero attached hydrogens (tertiary/aromatic N) is 1. The number of aliphatic hydroxyl groups excluding tert-OH is 1. The molecule has 0 spiro atoms. The van der Waals surface area contributed by atoms with Gasteiger partial charge in [-0.05, 0) is 24.3 Å². The molecule has 1 N–H and O–H groups in total. The van der Waals surface area contributed by atoms with E-state index in [-0.39, 0.29) is 6.61 Å². The molecular weight excluding hydrogens is 202 g/mol. The van der Waals surface area contributed by atoms with Crippen LogP contribution in [0.25, 0.3) is 0 Å². The van der Waals surface area contributed by atoms with E-state index in [1.165, 1.54) is 0 Å². The lowest BCUT2D eigenvalue weighted by molar-refractivity contribution is 0.271. The molecule has 0 aliphatic carbocycles. The second-order valence-corrected chi connectivity index (χ2v) is 3.63. The van der Waals surface area contributed by atoms with Gasteiger partial charge in [-0.2, -0.15) is 0 Å². The molecule has 2 aromatic rings. The Labute approximate surface area is 94.6 Å². The zero-order valence-corrected chi connectivity index (χ0v) is 9.10. The van der Waals surface area contributed by atoms with E-state index in [9.17, 15) is 5.11 Å². The van der Waals surface area contributed by atoms with Gasteiger partial charge in [0.15, 0.2) is 0 Å². The molecule has 3 nitrogen and oxygen atoms in total. The molecule has 0 unspecified atom stereocenters. The van der Waals surface area contributed by atoms with Crippen molar-refractivity contribution in [1.82, 2.24) is 4.57 Å². The first kappa shape index (κ1) is 10.8. The van der Waals surface area contributed by atoms with Gasteiger partial charge < -0.3 is 14.1 Å². The highest BCUT2D eigenvalue weighted by atomic mass is 16.3. The summed E-state index contributed by atoms with van der Waals surface area (Å²) in [5, 5.41) is 9.21. The van der Waals surface area contributed by atoms with Crippen LogP contribution in [0.1, 0.15) is 17.1 Å². The summed E-state index contributed by atoms with van der Waals surface area (Å²) in [6, 6.07) is 7.77. The molecule has 2 heterocycles. The van der Waals surface area contributed by atoms with Gasteiger partial charge in [0.05, 0.1) is 12.9 Å². The fourth-order valence-corrected chi connectivity index (χ4v) is 1.80. The maximum Gasteiger partial charge on any atom is 0.109 e. The van der Waals surface area contributed by atoms with Crippen molar-refractivity contribution in [3.63, 3.8) is 0 Å². The van der Waals surface area contributed by atoms with Crippen LogP contribution in [0, 0.1) is 0 Å². The highest BCUT2D eigenvalue weighted by Gasteiger charge is 2.08. The van der Waals surface area contributed by atoms with Crippen molar-refractivity contribution >= 4 is 0 Å². The molecule has 0 amide bonds. The highest BCUT2D eigenvalue weighted by Crippen LogP contribution is 2.15. The Bertz CT molecular complexity index is 454. The molecule has 3 heteroatoms. The number of allylic oxidation sites excluding steroid dienone is 1. The molecule has 0 bridgehead atoms. The zero-order chi connectivity index (χ0) is 11.4. The van der Waals surface area contributed by atoms with Gasteiger partial charge in [-0.15, -0.1) is 6.58 Å². The molecule has 0 aliphatic rings. The Morgan fingerprint density at radius 1 is 1.31 bits per heavy atom. The number of hydrogen-bond donors (Lipinski definition) is 1. The molecule has 0 fully saturated rings. The van der Waals surface area contributed by atoms with E-state index in [1.807, 2.05) is 30.3 Å². The van der Waals surface area contributed by atoms with Gasteiger partial charge in [0.2, 0.25) is 0 Å². The van der Waals surface area contributed by atoms with Crippen LogP contribution < -0.4 is 0 Å². The van der Waals surface area contributed by atoms with Gasteiger partial charge in [0.25, 0.3) is 0 Å². The molecule has 16 heavy (non-hydrogen) atoms. The Morgan fingerprint density at radius 3 is 2.75 bits per heavy atom. The van der Waals surface area contributed by atoms with E-state index in [0.717, 1.165) is 23.6 Å². The first-order valence-electron chi connectivity index (χ1n) is 5.26. The quantitative estimate of drug-likeness (QED) is 0.781. The first-order valence-corrected chi connectivity index (χ1v) is 5.26. The van der Waals surface area contributed by atoms with Gasteiger partial charge in [-0.3, -0.25) is 0 Å². The van der Waals surface area contributed by atoms with E-state index >= 15 is 0 Å². The van der Waals surface area contributed by atoms with Crippen LogP contribution in [0.15, 0.2) is 47.6 Å². The molecule has 0 saturated carbocycles. The summed E-state index contributed by atoms with van der Waals surface area (Å²) >= 11 is 0. The van der Waals surface area contributed by atoms with Gasteiger partial charge in [-0.1, -0.05) is 6.08 Å². The third-order valence-electron chi connectivity index (χ3n) is 2.57. The molecule has 2 rings (SSSR count). The van der Waals surface area contributed by atoms with Crippen molar-refractivity contribution in [2.24, 2.45) is 0 Å². The Morgan fingerprint density at radius 2 is 2.12 bits per heavy atom. The molecule has 0 aromatic carbocycles. The Balaban J connectivity index is 2.26. The van der Waals surface area contributed by atoms with Crippen molar-refractivity contribution in [1.29, 1.82) is 0 Å². The minimum atomic E-state index is 0.0476. The van der Waals surface area contributed by atoms with E-state index in [2.05, 4.69) is 11.1 Å². The molecule has 0 aliphatic heterocycles. The average Bonchev–Trinajstić information content (AvgIpc) is 2.91. The molecule has 0 radical (unpaired) electrons. The van der Waals surface area contributed by atoms with Crippen LogP contribution in [0.5, 0.6) is 0 Å². The third-order valence-corrected chi connectivity index (χ3v) is 2.57. The summed E-state index contributed by atoms with van der Waals surface area (Å²) in [6.07, 6.45) is 4.23. The van der Waals surface area contributed by atoms with Crippen molar-refractivity contribution in [2.75, 3.05) is 0 Å². The van der Waals surface area contributed by atoms with Gasteiger partial charge in [0.1, 0.15) is 5.76 Å². The smallest absolute Gasteiger partial charge is 0.109 e. The van der Waals surface area contributed by atoms with Crippen LogP contribution in [0.2, 0.25) is 0 Å². The zero-order valence-electron chi connectivity index (χ0n) is 9.10. The Kier molecular flexibility index (Phi) is 3.27. The first-order chi connectivity index (χ1) is 7.85. The minimum Gasteiger partial charge on any atom is -0.469 e.